The largest absolute Gasteiger partial charge is 0.448 e. The lowest BCUT2D eigenvalue weighted by atomic mass is 10.2. The van der Waals surface area contributed by atoms with Gasteiger partial charge in [0, 0.05) is 13.1 Å². The standard InChI is InChI=1S/C12H15N3O3S/c1-8-10(19-7-13-8)11(16)14-3-2-9(6-14)15-4-5-18-12(15)17/h7,9H,2-6H2,1H3. The molecule has 0 aliphatic carbocycles. The number of cyclic esters (lactones) is 1. The van der Waals surface area contributed by atoms with E-state index in [0.717, 1.165) is 12.1 Å². The Bertz CT molecular complexity index is 516. The van der Waals surface area contributed by atoms with E-state index in [-0.39, 0.29) is 18.0 Å². The zero-order valence-corrected chi connectivity index (χ0v) is 11.5. The van der Waals surface area contributed by atoms with Crippen LogP contribution in [0.25, 0.3) is 0 Å². The van der Waals surface area contributed by atoms with E-state index in [2.05, 4.69) is 4.98 Å². The molecule has 2 amide bonds. The molecule has 2 saturated heterocycles. The smallest absolute Gasteiger partial charge is 0.410 e. The summed E-state index contributed by atoms with van der Waals surface area (Å²) < 4.78 is 4.94. The first-order chi connectivity index (χ1) is 9.16. The lowest BCUT2D eigenvalue weighted by molar-refractivity contribution is 0.0784. The normalized spacial score (nSPS) is 23.0. The van der Waals surface area contributed by atoms with E-state index < -0.39 is 0 Å². The van der Waals surface area contributed by atoms with Gasteiger partial charge in [0.05, 0.1) is 23.8 Å². The van der Waals surface area contributed by atoms with Crippen molar-refractivity contribution in [2.75, 3.05) is 26.2 Å². The SMILES string of the molecule is Cc1ncsc1C(=O)N1CCC(N2CCOC2=O)C1. The van der Waals surface area contributed by atoms with Crippen LogP contribution in [-0.2, 0) is 4.74 Å². The second kappa shape index (κ2) is 4.80. The fourth-order valence-corrected chi connectivity index (χ4v) is 3.34. The molecule has 1 unspecified atom stereocenters. The first kappa shape index (κ1) is 12.4. The van der Waals surface area contributed by atoms with Gasteiger partial charge in [-0.05, 0) is 13.3 Å². The van der Waals surface area contributed by atoms with Gasteiger partial charge in [0.25, 0.3) is 5.91 Å². The molecule has 19 heavy (non-hydrogen) atoms. The Labute approximate surface area is 115 Å². The first-order valence-corrected chi connectivity index (χ1v) is 7.17. The summed E-state index contributed by atoms with van der Waals surface area (Å²) in [7, 11) is 0. The molecule has 3 rings (SSSR count). The van der Waals surface area contributed by atoms with Crippen molar-refractivity contribution in [3.8, 4) is 0 Å². The number of amides is 2. The van der Waals surface area contributed by atoms with Crippen molar-refractivity contribution in [3.05, 3.63) is 16.1 Å². The third kappa shape index (κ3) is 2.18. The highest BCUT2D eigenvalue weighted by atomic mass is 32.1. The van der Waals surface area contributed by atoms with Gasteiger partial charge >= 0.3 is 6.09 Å². The quantitative estimate of drug-likeness (QED) is 0.815. The third-order valence-corrected chi connectivity index (χ3v) is 4.54. The topological polar surface area (TPSA) is 62.7 Å². The Kier molecular flexibility index (Phi) is 3.14. The van der Waals surface area contributed by atoms with Crippen molar-refractivity contribution in [2.24, 2.45) is 0 Å². The number of aromatic nitrogens is 1. The molecular weight excluding hydrogens is 266 g/mol. The van der Waals surface area contributed by atoms with Crippen molar-refractivity contribution in [3.63, 3.8) is 0 Å². The number of ether oxygens (including phenoxy) is 1. The number of hydrogen-bond donors (Lipinski definition) is 0. The summed E-state index contributed by atoms with van der Waals surface area (Å²) in [5.41, 5.74) is 2.47. The number of likely N-dealkylation sites (tertiary alicyclic amines) is 1. The Morgan fingerprint density at radius 3 is 3.00 bits per heavy atom. The Morgan fingerprint density at radius 2 is 2.37 bits per heavy atom. The van der Waals surface area contributed by atoms with Crippen LogP contribution in [-0.4, -0.2) is 59.1 Å². The molecule has 1 aromatic rings. The Hall–Kier alpha value is -1.63. The molecule has 2 fully saturated rings. The van der Waals surface area contributed by atoms with Gasteiger partial charge in [0.15, 0.2) is 0 Å². The van der Waals surface area contributed by atoms with Gasteiger partial charge in [-0.25, -0.2) is 9.78 Å². The van der Waals surface area contributed by atoms with E-state index in [1.807, 2.05) is 6.92 Å². The van der Waals surface area contributed by atoms with Crippen LogP contribution in [0.1, 0.15) is 21.8 Å². The fourth-order valence-electron chi connectivity index (χ4n) is 2.57. The molecule has 6 nitrogen and oxygen atoms in total. The summed E-state index contributed by atoms with van der Waals surface area (Å²) >= 11 is 1.37. The van der Waals surface area contributed by atoms with Crippen LogP contribution in [0, 0.1) is 6.92 Å². The predicted octanol–water partition coefficient (Wildman–Crippen LogP) is 1.12. The van der Waals surface area contributed by atoms with Gasteiger partial charge in [-0.2, -0.15) is 0 Å². The van der Waals surface area contributed by atoms with E-state index in [4.69, 9.17) is 4.74 Å². The van der Waals surface area contributed by atoms with E-state index >= 15 is 0 Å². The Balaban J connectivity index is 1.67. The highest BCUT2D eigenvalue weighted by molar-refractivity contribution is 7.11. The van der Waals surface area contributed by atoms with Gasteiger partial charge in [-0.15, -0.1) is 11.3 Å². The zero-order chi connectivity index (χ0) is 13.4. The molecule has 2 aliphatic rings. The first-order valence-electron chi connectivity index (χ1n) is 6.29. The van der Waals surface area contributed by atoms with Gasteiger partial charge in [0.2, 0.25) is 0 Å². The van der Waals surface area contributed by atoms with Crippen LogP contribution in [0.2, 0.25) is 0 Å². The predicted molar refractivity (Wildman–Crippen MR) is 69.2 cm³/mol. The van der Waals surface area contributed by atoms with Crippen molar-refractivity contribution >= 4 is 23.3 Å². The van der Waals surface area contributed by atoms with Crippen LogP contribution in [0.15, 0.2) is 5.51 Å². The summed E-state index contributed by atoms with van der Waals surface area (Å²) in [4.78, 5) is 32.2. The number of nitrogens with zero attached hydrogens (tertiary/aromatic N) is 3. The molecule has 3 heterocycles. The number of carbonyl (C=O) groups is 2. The number of carbonyl (C=O) groups excluding carboxylic acids is 2. The molecule has 1 atom stereocenters. The molecule has 0 N–H and O–H groups in total. The van der Waals surface area contributed by atoms with E-state index in [1.54, 1.807) is 15.3 Å². The minimum atomic E-state index is -0.256. The van der Waals surface area contributed by atoms with Crippen LogP contribution >= 0.6 is 11.3 Å². The molecular formula is C12H15N3O3S. The summed E-state index contributed by atoms with van der Waals surface area (Å²) in [5, 5.41) is 0. The maximum atomic E-state index is 12.3. The monoisotopic (exact) mass is 281 g/mol. The lowest BCUT2D eigenvalue weighted by Crippen LogP contribution is -2.39. The van der Waals surface area contributed by atoms with Crippen molar-refractivity contribution < 1.29 is 14.3 Å². The average molecular weight is 281 g/mol. The van der Waals surface area contributed by atoms with Crippen molar-refractivity contribution in [1.29, 1.82) is 0 Å². The molecule has 0 spiro atoms. The molecule has 0 radical (unpaired) electrons. The number of aryl methyl sites for hydroxylation is 1. The average Bonchev–Trinajstić information content (AvgIpc) is 3.08. The number of hydrogen-bond acceptors (Lipinski definition) is 5. The Morgan fingerprint density at radius 1 is 1.53 bits per heavy atom. The van der Waals surface area contributed by atoms with Gasteiger partial charge < -0.3 is 9.64 Å². The summed E-state index contributed by atoms with van der Waals surface area (Å²) in [6.45, 7) is 4.20. The van der Waals surface area contributed by atoms with Gasteiger partial charge in [-0.1, -0.05) is 0 Å². The molecule has 0 saturated carbocycles. The van der Waals surface area contributed by atoms with E-state index in [1.165, 1.54) is 11.3 Å². The molecule has 0 bridgehead atoms. The molecule has 102 valence electrons. The fraction of sp³-hybridized carbons (Fsp3) is 0.583. The second-order valence-electron chi connectivity index (χ2n) is 4.77. The summed E-state index contributed by atoms with van der Waals surface area (Å²) in [5.74, 6) is 0.0232. The molecule has 0 aromatic carbocycles. The van der Waals surface area contributed by atoms with Gasteiger partial charge in [0.1, 0.15) is 11.5 Å². The van der Waals surface area contributed by atoms with Crippen LogP contribution in [0.3, 0.4) is 0 Å². The van der Waals surface area contributed by atoms with Crippen LogP contribution in [0.4, 0.5) is 4.79 Å². The van der Waals surface area contributed by atoms with Crippen molar-refractivity contribution in [2.45, 2.75) is 19.4 Å². The zero-order valence-electron chi connectivity index (χ0n) is 10.7. The summed E-state index contributed by atoms with van der Waals surface area (Å²) in [6, 6.07) is 0.0900. The molecule has 1 aromatic heterocycles. The van der Waals surface area contributed by atoms with E-state index in [9.17, 15) is 9.59 Å². The summed E-state index contributed by atoms with van der Waals surface area (Å²) in [6.07, 6.45) is 0.562. The number of rotatable bonds is 2. The highest BCUT2D eigenvalue weighted by Crippen LogP contribution is 2.23. The maximum Gasteiger partial charge on any atom is 0.410 e. The number of thiazole rings is 1. The van der Waals surface area contributed by atoms with Crippen molar-refractivity contribution in [1.82, 2.24) is 14.8 Å². The van der Waals surface area contributed by atoms with E-state index in [0.29, 0.717) is 31.1 Å². The highest BCUT2D eigenvalue weighted by Gasteiger charge is 2.36. The minimum absolute atomic E-state index is 0.0232. The van der Waals surface area contributed by atoms with Crippen LogP contribution in [0.5, 0.6) is 0 Å². The third-order valence-electron chi connectivity index (χ3n) is 3.62. The second-order valence-corrected chi connectivity index (χ2v) is 5.62. The van der Waals surface area contributed by atoms with Crippen LogP contribution < -0.4 is 0 Å². The molecule has 7 heteroatoms. The minimum Gasteiger partial charge on any atom is -0.448 e. The maximum absolute atomic E-state index is 12.3. The molecule has 2 aliphatic heterocycles. The van der Waals surface area contributed by atoms with Gasteiger partial charge in [-0.3, -0.25) is 9.69 Å². The lowest BCUT2D eigenvalue weighted by Gasteiger charge is -2.21.